The first-order valence-corrected chi connectivity index (χ1v) is 11.6. The average molecular weight is 469 g/mol. The lowest BCUT2D eigenvalue weighted by atomic mass is 9.79. The second kappa shape index (κ2) is 11.2. The van der Waals surface area contributed by atoms with E-state index in [2.05, 4.69) is 83.5 Å². The first-order valence-electron chi connectivity index (χ1n) is 11.2. The lowest BCUT2D eigenvalue weighted by molar-refractivity contribution is -0.137. The van der Waals surface area contributed by atoms with Gasteiger partial charge in [0.2, 0.25) is 0 Å². The number of aryl methyl sites for hydroxylation is 1. The Kier molecular flexibility index (Phi) is 8.39. The molecule has 2 aliphatic heterocycles. The standard InChI is InChI=1S/C26H33ClN4O2/c1-18-5-8-21(9-6-18)23-10-7-19(2)30-11-12-31(17-29-15-22(27)14-28-4)25(16-30)20(3)24(23)13-26(32)33/h5-10,14-16,20,24,28H,11-13,17H2,1-4H3,(H,32,33)/b19-7-,22-14+,23-10+,29-15-. The molecule has 0 amide bonds. The van der Waals surface area contributed by atoms with Gasteiger partial charge in [-0.3, -0.25) is 9.79 Å². The minimum atomic E-state index is -0.799. The van der Waals surface area contributed by atoms with Crippen LogP contribution in [0.2, 0.25) is 0 Å². The second-order valence-corrected chi connectivity index (χ2v) is 9.01. The largest absolute Gasteiger partial charge is 0.481 e. The molecular weight excluding hydrogens is 436 g/mol. The molecule has 0 fully saturated rings. The summed E-state index contributed by atoms with van der Waals surface area (Å²) in [6.45, 7) is 8.37. The lowest BCUT2D eigenvalue weighted by Gasteiger charge is -2.40. The van der Waals surface area contributed by atoms with E-state index in [4.69, 9.17) is 11.6 Å². The molecule has 1 aromatic rings. The first-order chi connectivity index (χ1) is 15.8. The monoisotopic (exact) mass is 468 g/mol. The van der Waals surface area contributed by atoms with Gasteiger partial charge in [0.25, 0.3) is 0 Å². The van der Waals surface area contributed by atoms with E-state index in [1.807, 2.05) is 0 Å². The van der Waals surface area contributed by atoms with E-state index < -0.39 is 5.97 Å². The number of nitrogens with one attached hydrogen (secondary N) is 1. The number of halogens is 1. The summed E-state index contributed by atoms with van der Waals surface area (Å²) in [5, 5.41) is 13.2. The highest BCUT2D eigenvalue weighted by Gasteiger charge is 2.33. The van der Waals surface area contributed by atoms with Gasteiger partial charge in [-0.2, -0.15) is 0 Å². The smallest absolute Gasteiger partial charge is 0.303 e. The van der Waals surface area contributed by atoms with Gasteiger partial charge in [-0.1, -0.05) is 54.4 Å². The summed E-state index contributed by atoms with van der Waals surface area (Å²) in [5.74, 6) is -1.00. The number of hydrogen-bond acceptors (Lipinski definition) is 5. The number of fused-ring (bicyclic) bond motifs is 1. The normalized spacial score (nSPS) is 24.8. The average Bonchev–Trinajstić information content (AvgIpc) is 2.81. The van der Waals surface area contributed by atoms with Crippen LogP contribution in [0.4, 0.5) is 0 Å². The van der Waals surface area contributed by atoms with Gasteiger partial charge in [0.1, 0.15) is 6.67 Å². The van der Waals surface area contributed by atoms with Crippen LogP contribution >= 0.6 is 11.6 Å². The number of benzene rings is 1. The highest BCUT2D eigenvalue weighted by atomic mass is 35.5. The third-order valence-corrected chi connectivity index (χ3v) is 6.43. The molecule has 0 radical (unpaired) electrons. The molecule has 0 aliphatic carbocycles. The summed E-state index contributed by atoms with van der Waals surface area (Å²) in [5.41, 5.74) is 5.50. The van der Waals surface area contributed by atoms with Crippen molar-refractivity contribution < 1.29 is 9.90 Å². The maximum Gasteiger partial charge on any atom is 0.303 e. The van der Waals surface area contributed by atoms with Gasteiger partial charge >= 0.3 is 5.97 Å². The van der Waals surface area contributed by atoms with Crippen LogP contribution in [-0.2, 0) is 4.79 Å². The van der Waals surface area contributed by atoms with Crippen LogP contribution in [0.1, 0.15) is 31.4 Å². The van der Waals surface area contributed by atoms with Crippen LogP contribution in [-0.4, -0.2) is 53.9 Å². The fourth-order valence-electron chi connectivity index (χ4n) is 4.34. The Morgan fingerprint density at radius 3 is 2.64 bits per heavy atom. The zero-order valence-electron chi connectivity index (χ0n) is 19.8. The number of carbonyl (C=O) groups is 1. The molecule has 0 saturated carbocycles. The van der Waals surface area contributed by atoms with Crippen LogP contribution in [0.3, 0.4) is 0 Å². The van der Waals surface area contributed by atoms with E-state index in [9.17, 15) is 9.90 Å². The summed E-state index contributed by atoms with van der Waals surface area (Å²) >= 11 is 6.13. The van der Waals surface area contributed by atoms with Crippen molar-refractivity contribution in [3.63, 3.8) is 0 Å². The number of nitrogens with zero attached hydrogens (tertiary/aromatic N) is 3. The van der Waals surface area contributed by atoms with Crippen LogP contribution in [0, 0.1) is 18.8 Å². The third kappa shape index (κ3) is 6.29. The molecule has 0 aromatic heterocycles. The molecule has 2 bridgehead atoms. The molecule has 6 nitrogen and oxygen atoms in total. The molecule has 7 heteroatoms. The van der Waals surface area contributed by atoms with E-state index in [1.165, 1.54) is 5.56 Å². The molecule has 2 heterocycles. The van der Waals surface area contributed by atoms with E-state index in [0.717, 1.165) is 35.6 Å². The Morgan fingerprint density at radius 1 is 1.24 bits per heavy atom. The molecular formula is C26H33ClN4O2. The van der Waals surface area contributed by atoms with Crippen molar-refractivity contribution in [2.75, 3.05) is 26.8 Å². The Morgan fingerprint density at radius 2 is 1.97 bits per heavy atom. The lowest BCUT2D eigenvalue weighted by Crippen LogP contribution is -2.41. The summed E-state index contributed by atoms with van der Waals surface area (Å²) in [6.07, 6.45) is 9.74. The molecule has 2 N–H and O–H groups in total. The number of aliphatic carboxylic acids is 1. The number of carboxylic acids is 1. The van der Waals surface area contributed by atoms with Crippen molar-refractivity contribution in [1.82, 2.24) is 15.1 Å². The first kappa shape index (κ1) is 24.6. The summed E-state index contributed by atoms with van der Waals surface area (Å²) in [4.78, 5) is 20.9. The van der Waals surface area contributed by atoms with Gasteiger partial charge in [0.15, 0.2) is 0 Å². The predicted molar refractivity (Wildman–Crippen MR) is 136 cm³/mol. The van der Waals surface area contributed by atoms with Crippen molar-refractivity contribution in [3.05, 3.63) is 76.4 Å². The highest BCUT2D eigenvalue weighted by molar-refractivity contribution is 6.39. The highest BCUT2D eigenvalue weighted by Crippen LogP contribution is 2.39. The third-order valence-electron chi connectivity index (χ3n) is 6.22. The maximum absolute atomic E-state index is 11.9. The minimum absolute atomic E-state index is 0.0192. The van der Waals surface area contributed by atoms with Crippen molar-refractivity contribution in [2.24, 2.45) is 16.8 Å². The maximum atomic E-state index is 11.9. The summed E-state index contributed by atoms with van der Waals surface area (Å²) in [7, 11) is 1.79. The molecule has 0 spiro atoms. The van der Waals surface area contributed by atoms with Gasteiger partial charge in [-0.05, 0) is 31.1 Å². The van der Waals surface area contributed by atoms with Crippen LogP contribution in [0.25, 0.3) is 5.57 Å². The molecule has 0 saturated heterocycles. The Labute approximate surface area is 201 Å². The van der Waals surface area contributed by atoms with Crippen molar-refractivity contribution in [1.29, 1.82) is 0 Å². The second-order valence-electron chi connectivity index (χ2n) is 8.57. The van der Waals surface area contributed by atoms with Crippen molar-refractivity contribution in [2.45, 2.75) is 27.2 Å². The number of hydrogen-bond donors (Lipinski definition) is 2. The number of rotatable bonds is 7. The van der Waals surface area contributed by atoms with Crippen LogP contribution in [0.15, 0.2) is 70.2 Å². The van der Waals surface area contributed by atoms with Crippen LogP contribution in [0.5, 0.6) is 0 Å². The topological polar surface area (TPSA) is 68.2 Å². The zero-order chi connectivity index (χ0) is 24.0. The Balaban J connectivity index is 2.01. The molecule has 3 rings (SSSR count). The molecule has 2 atom stereocenters. The Hall–Kier alpha value is -2.99. The SMILES string of the molecule is CN/C=C(Cl)\C=N/CN1CCN2C=C1C(C)C(CC(=O)O)/C(c1ccc(C)cc1)=C/C=C\2C. The van der Waals surface area contributed by atoms with E-state index in [1.54, 1.807) is 19.5 Å². The van der Waals surface area contributed by atoms with Crippen molar-refractivity contribution >= 4 is 29.4 Å². The fourth-order valence-corrected chi connectivity index (χ4v) is 4.52. The van der Waals surface area contributed by atoms with E-state index in [-0.39, 0.29) is 18.3 Å². The number of allylic oxidation sites excluding steroid dienone is 6. The van der Waals surface area contributed by atoms with Gasteiger partial charge in [-0.25, -0.2) is 0 Å². The molecule has 176 valence electrons. The van der Waals surface area contributed by atoms with E-state index in [0.29, 0.717) is 11.7 Å². The summed E-state index contributed by atoms with van der Waals surface area (Å²) in [6, 6.07) is 8.32. The van der Waals surface area contributed by atoms with Gasteiger partial charge in [0.05, 0.1) is 11.5 Å². The molecule has 2 aliphatic rings. The van der Waals surface area contributed by atoms with Crippen molar-refractivity contribution in [3.8, 4) is 0 Å². The van der Waals surface area contributed by atoms with E-state index >= 15 is 0 Å². The quantitative estimate of drug-likeness (QED) is 0.562. The minimum Gasteiger partial charge on any atom is -0.481 e. The number of carboxylic acid groups (broad SMARTS) is 1. The fraction of sp³-hybridized carbons (Fsp3) is 0.385. The summed E-state index contributed by atoms with van der Waals surface area (Å²) < 4.78 is 0. The number of aliphatic imine (C=N–C) groups is 1. The Bertz CT molecular complexity index is 1010. The molecule has 33 heavy (non-hydrogen) atoms. The molecule has 2 unspecified atom stereocenters. The van der Waals surface area contributed by atoms with Gasteiger partial charge in [0, 0.05) is 62.0 Å². The predicted octanol–water partition coefficient (Wildman–Crippen LogP) is 4.81. The molecule has 1 aromatic carbocycles. The van der Waals surface area contributed by atoms with Gasteiger partial charge in [-0.15, -0.1) is 0 Å². The van der Waals surface area contributed by atoms with Gasteiger partial charge < -0.3 is 20.2 Å². The zero-order valence-corrected chi connectivity index (χ0v) is 20.5. The van der Waals surface area contributed by atoms with Crippen LogP contribution < -0.4 is 5.32 Å².